The maximum absolute atomic E-state index is 12.3. The molecule has 0 radical (unpaired) electrons. The van der Waals surface area contributed by atoms with E-state index in [1.807, 2.05) is 28.1 Å². The van der Waals surface area contributed by atoms with Gasteiger partial charge in [0.15, 0.2) is 10.1 Å². The van der Waals surface area contributed by atoms with E-state index in [2.05, 4.69) is 39.3 Å². The van der Waals surface area contributed by atoms with Gasteiger partial charge in [0.1, 0.15) is 0 Å². The number of carbonyl (C=O) groups excluding carboxylic acids is 1. The van der Waals surface area contributed by atoms with Crippen LogP contribution in [0.25, 0.3) is 11.0 Å². The minimum Gasteiger partial charge on any atom is -0.369 e. The molecule has 1 aromatic carbocycles. The summed E-state index contributed by atoms with van der Waals surface area (Å²) in [6, 6.07) is 8.26. The van der Waals surface area contributed by atoms with E-state index in [0.29, 0.717) is 17.4 Å². The van der Waals surface area contributed by atoms with Crippen molar-refractivity contribution < 1.29 is 4.79 Å². The molecule has 0 atom stereocenters. The second-order valence-electron chi connectivity index (χ2n) is 6.81. The summed E-state index contributed by atoms with van der Waals surface area (Å²) in [5, 5.41) is 5.31. The van der Waals surface area contributed by atoms with E-state index in [1.54, 1.807) is 6.08 Å². The minimum absolute atomic E-state index is 0.158. The minimum atomic E-state index is -0.158. The number of carbonyl (C=O) groups is 1. The standard InChI is InChI=1S/C20H22ClN5OS/c1-24-8-10-25(11-9-24)16-5-3-2-4-15(16)14-22-18(27)7-6-17-19(21)23-20-26(17)12-13-28-20/h2-7,12-13H,8-11,14H2,1H3,(H,22,27)/b7-6+. The lowest BCUT2D eigenvalue weighted by molar-refractivity contribution is -0.116. The molecule has 3 heterocycles. The summed E-state index contributed by atoms with van der Waals surface area (Å²) in [6.45, 7) is 4.58. The predicted molar refractivity (Wildman–Crippen MR) is 115 cm³/mol. The Bertz CT molecular complexity index is 1000. The number of amides is 1. The van der Waals surface area contributed by atoms with Crippen molar-refractivity contribution >= 4 is 45.6 Å². The summed E-state index contributed by atoms with van der Waals surface area (Å²) in [5.74, 6) is -0.158. The molecule has 4 rings (SSSR count). The first-order valence-corrected chi connectivity index (χ1v) is 10.5. The van der Waals surface area contributed by atoms with Crippen LogP contribution in [-0.4, -0.2) is 53.4 Å². The number of hydrogen-bond acceptors (Lipinski definition) is 5. The highest BCUT2D eigenvalue weighted by Crippen LogP contribution is 2.23. The van der Waals surface area contributed by atoms with Crippen LogP contribution in [-0.2, 0) is 11.3 Å². The number of imidazole rings is 1. The quantitative estimate of drug-likeness (QED) is 0.650. The second kappa shape index (κ2) is 8.34. The van der Waals surface area contributed by atoms with Gasteiger partial charge in [-0.25, -0.2) is 4.98 Å². The van der Waals surface area contributed by atoms with Crippen molar-refractivity contribution in [3.63, 3.8) is 0 Å². The van der Waals surface area contributed by atoms with Crippen molar-refractivity contribution in [1.29, 1.82) is 0 Å². The van der Waals surface area contributed by atoms with Gasteiger partial charge in [-0.15, -0.1) is 11.3 Å². The van der Waals surface area contributed by atoms with E-state index in [1.165, 1.54) is 23.1 Å². The van der Waals surface area contributed by atoms with E-state index in [9.17, 15) is 4.79 Å². The lowest BCUT2D eigenvalue weighted by Crippen LogP contribution is -2.45. The van der Waals surface area contributed by atoms with Gasteiger partial charge in [0.05, 0.1) is 5.69 Å². The van der Waals surface area contributed by atoms with Crippen LogP contribution in [0.4, 0.5) is 5.69 Å². The highest BCUT2D eigenvalue weighted by molar-refractivity contribution is 7.15. The number of anilines is 1. The van der Waals surface area contributed by atoms with E-state index in [0.717, 1.165) is 36.7 Å². The molecule has 1 aliphatic rings. The Hall–Kier alpha value is -2.35. The number of rotatable bonds is 5. The fourth-order valence-electron chi connectivity index (χ4n) is 3.34. The zero-order valence-electron chi connectivity index (χ0n) is 15.6. The first-order chi connectivity index (χ1) is 13.6. The number of nitrogens with zero attached hydrogens (tertiary/aromatic N) is 4. The molecule has 1 N–H and O–H groups in total. The van der Waals surface area contributed by atoms with Crippen molar-refractivity contribution in [2.75, 3.05) is 38.1 Å². The molecule has 3 aromatic rings. The van der Waals surface area contributed by atoms with Gasteiger partial charge in [0.25, 0.3) is 0 Å². The van der Waals surface area contributed by atoms with E-state index < -0.39 is 0 Å². The maximum atomic E-state index is 12.3. The normalized spacial score (nSPS) is 15.6. The van der Waals surface area contributed by atoms with Crippen LogP contribution in [0.15, 0.2) is 41.9 Å². The Morgan fingerprint density at radius 2 is 2.07 bits per heavy atom. The van der Waals surface area contributed by atoms with E-state index in [-0.39, 0.29) is 5.91 Å². The third-order valence-electron chi connectivity index (χ3n) is 4.94. The molecule has 1 amide bonds. The van der Waals surface area contributed by atoms with Crippen LogP contribution in [0.2, 0.25) is 5.15 Å². The van der Waals surface area contributed by atoms with Gasteiger partial charge in [0, 0.05) is 56.1 Å². The molecule has 1 saturated heterocycles. The molecule has 8 heteroatoms. The van der Waals surface area contributed by atoms with Gasteiger partial charge in [-0.2, -0.15) is 0 Å². The number of aromatic nitrogens is 2. The van der Waals surface area contributed by atoms with E-state index >= 15 is 0 Å². The topological polar surface area (TPSA) is 52.9 Å². The Morgan fingerprint density at radius 1 is 1.29 bits per heavy atom. The number of benzene rings is 1. The third kappa shape index (κ3) is 4.06. The van der Waals surface area contributed by atoms with Gasteiger partial charge in [0.2, 0.25) is 5.91 Å². The van der Waals surface area contributed by atoms with Crippen LogP contribution in [0.5, 0.6) is 0 Å². The Morgan fingerprint density at radius 3 is 2.89 bits per heavy atom. The van der Waals surface area contributed by atoms with Crippen molar-refractivity contribution in [3.05, 3.63) is 58.3 Å². The monoisotopic (exact) mass is 415 g/mol. The summed E-state index contributed by atoms with van der Waals surface area (Å²) < 4.78 is 1.87. The fraction of sp³-hybridized carbons (Fsp3) is 0.300. The number of halogens is 1. The van der Waals surface area contributed by atoms with Crippen molar-refractivity contribution in [2.24, 2.45) is 0 Å². The van der Waals surface area contributed by atoms with Crippen molar-refractivity contribution in [2.45, 2.75) is 6.54 Å². The number of hydrogen-bond donors (Lipinski definition) is 1. The summed E-state index contributed by atoms with van der Waals surface area (Å²) >= 11 is 7.67. The average molecular weight is 416 g/mol. The predicted octanol–water partition coefficient (Wildman–Crippen LogP) is 3.13. The number of piperazine rings is 1. The summed E-state index contributed by atoms with van der Waals surface area (Å²) in [7, 11) is 2.15. The van der Waals surface area contributed by atoms with Crippen LogP contribution in [0, 0.1) is 0 Å². The van der Waals surface area contributed by atoms with Gasteiger partial charge < -0.3 is 15.1 Å². The molecule has 0 bridgehead atoms. The lowest BCUT2D eigenvalue weighted by atomic mass is 10.1. The second-order valence-corrected chi connectivity index (χ2v) is 8.04. The molecule has 146 valence electrons. The zero-order valence-corrected chi connectivity index (χ0v) is 17.2. The van der Waals surface area contributed by atoms with E-state index in [4.69, 9.17) is 11.6 Å². The number of nitrogens with one attached hydrogen (secondary N) is 1. The molecule has 0 spiro atoms. The van der Waals surface area contributed by atoms with Crippen molar-refractivity contribution in [1.82, 2.24) is 19.6 Å². The first-order valence-electron chi connectivity index (χ1n) is 9.20. The number of likely N-dealkylation sites (N-methyl/N-ethyl adjacent to an activating group) is 1. The molecule has 28 heavy (non-hydrogen) atoms. The molecule has 0 unspecified atom stereocenters. The molecular weight excluding hydrogens is 394 g/mol. The van der Waals surface area contributed by atoms with Gasteiger partial charge >= 0.3 is 0 Å². The van der Waals surface area contributed by atoms with Gasteiger partial charge in [-0.05, 0) is 24.8 Å². The average Bonchev–Trinajstić information content (AvgIpc) is 3.26. The van der Waals surface area contributed by atoms with Crippen LogP contribution in [0.3, 0.4) is 0 Å². The fourth-order valence-corrected chi connectivity index (χ4v) is 4.34. The molecular formula is C20H22ClN5OS. The Balaban J connectivity index is 1.41. The highest BCUT2D eigenvalue weighted by atomic mass is 35.5. The lowest BCUT2D eigenvalue weighted by Gasteiger charge is -2.35. The summed E-state index contributed by atoms with van der Waals surface area (Å²) in [6.07, 6.45) is 5.10. The molecule has 2 aromatic heterocycles. The van der Waals surface area contributed by atoms with Crippen molar-refractivity contribution in [3.8, 4) is 0 Å². The smallest absolute Gasteiger partial charge is 0.244 e. The summed E-state index contributed by atoms with van der Waals surface area (Å²) in [5.41, 5.74) is 3.03. The number of para-hydroxylation sites is 1. The SMILES string of the molecule is CN1CCN(c2ccccc2CNC(=O)/C=C/c2c(Cl)nc3sccn23)CC1. The van der Waals surface area contributed by atoms with Gasteiger partial charge in [-0.3, -0.25) is 9.20 Å². The molecule has 6 nitrogen and oxygen atoms in total. The Kier molecular flexibility index (Phi) is 5.66. The molecule has 0 saturated carbocycles. The first kappa shape index (κ1) is 19.0. The molecule has 0 aliphatic carbocycles. The zero-order chi connectivity index (χ0) is 19.5. The van der Waals surface area contributed by atoms with Crippen LogP contribution >= 0.6 is 22.9 Å². The Labute approximate surface area is 173 Å². The number of fused-ring (bicyclic) bond motifs is 1. The summed E-state index contributed by atoms with van der Waals surface area (Å²) in [4.78, 5) is 22.1. The highest BCUT2D eigenvalue weighted by Gasteiger charge is 2.16. The largest absolute Gasteiger partial charge is 0.369 e. The van der Waals surface area contributed by atoms with Crippen LogP contribution in [0.1, 0.15) is 11.3 Å². The van der Waals surface area contributed by atoms with Gasteiger partial charge in [-0.1, -0.05) is 29.8 Å². The number of thiazole rings is 1. The maximum Gasteiger partial charge on any atom is 0.244 e. The third-order valence-corrected chi connectivity index (χ3v) is 5.97. The van der Waals surface area contributed by atoms with Crippen LogP contribution < -0.4 is 10.2 Å². The molecule has 1 fully saturated rings. The molecule has 1 aliphatic heterocycles.